The molecule has 1 unspecified atom stereocenters. The van der Waals surface area contributed by atoms with Crippen molar-refractivity contribution in [2.45, 2.75) is 25.3 Å². The highest BCUT2D eigenvalue weighted by Crippen LogP contribution is 2.23. The lowest BCUT2D eigenvalue weighted by molar-refractivity contribution is -0.119. The Morgan fingerprint density at radius 2 is 2.35 bits per heavy atom. The summed E-state index contributed by atoms with van der Waals surface area (Å²) in [6.45, 7) is 0.807. The Morgan fingerprint density at radius 1 is 1.53 bits per heavy atom. The lowest BCUT2D eigenvalue weighted by Gasteiger charge is -2.35. The van der Waals surface area contributed by atoms with Crippen LogP contribution in [0.5, 0.6) is 0 Å². The first-order valence-corrected chi connectivity index (χ1v) is 5.64. The molecule has 1 aliphatic heterocycles. The normalized spacial score (nSPS) is 19.7. The number of hydrogen-bond donors (Lipinski definition) is 1. The smallest absolute Gasteiger partial charge is 0.240 e. The lowest BCUT2D eigenvalue weighted by atomic mass is 10.0. The van der Waals surface area contributed by atoms with Gasteiger partial charge in [-0.2, -0.15) is 5.26 Å². The molecule has 0 radical (unpaired) electrons. The van der Waals surface area contributed by atoms with Crippen molar-refractivity contribution in [2.24, 2.45) is 5.73 Å². The second kappa shape index (κ2) is 4.83. The minimum Gasteiger partial charge on any atom is -0.368 e. The van der Waals surface area contributed by atoms with Crippen LogP contribution in [0.25, 0.3) is 0 Å². The van der Waals surface area contributed by atoms with Crippen molar-refractivity contribution in [3.63, 3.8) is 0 Å². The lowest BCUT2D eigenvalue weighted by Crippen LogP contribution is -2.47. The molecule has 1 atom stereocenters. The van der Waals surface area contributed by atoms with Gasteiger partial charge in [0.25, 0.3) is 0 Å². The third-order valence-corrected chi connectivity index (χ3v) is 3.03. The van der Waals surface area contributed by atoms with Crippen molar-refractivity contribution in [3.05, 3.63) is 24.0 Å². The summed E-state index contributed by atoms with van der Waals surface area (Å²) in [6.07, 6.45) is 4.48. The maximum atomic E-state index is 11.4. The van der Waals surface area contributed by atoms with Crippen LogP contribution < -0.4 is 10.6 Å². The molecule has 0 aliphatic carbocycles. The van der Waals surface area contributed by atoms with Crippen molar-refractivity contribution in [1.82, 2.24) is 4.98 Å². The molecule has 1 fully saturated rings. The van der Waals surface area contributed by atoms with E-state index in [-0.39, 0.29) is 11.9 Å². The van der Waals surface area contributed by atoms with Crippen LogP contribution >= 0.6 is 0 Å². The third-order valence-electron chi connectivity index (χ3n) is 3.03. The highest BCUT2D eigenvalue weighted by Gasteiger charge is 2.27. The number of nitrogens with zero attached hydrogens (tertiary/aromatic N) is 3. The number of piperidine rings is 1. The number of carbonyl (C=O) groups is 1. The van der Waals surface area contributed by atoms with Crippen molar-refractivity contribution in [3.8, 4) is 6.07 Å². The summed E-state index contributed by atoms with van der Waals surface area (Å²) in [7, 11) is 0. The molecule has 0 saturated carbocycles. The average Bonchev–Trinajstić information content (AvgIpc) is 2.39. The fourth-order valence-electron chi connectivity index (χ4n) is 2.16. The zero-order valence-electron chi connectivity index (χ0n) is 9.47. The molecule has 2 rings (SSSR count). The van der Waals surface area contributed by atoms with Gasteiger partial charge in [-0.1, -0.05) is 0 Å². The molecule has 2 heterocycles. The van der Waals surface area contributed by atoms with Gasteiger partial charge in [0.1, 0.15) is 17.8 Å². The predicted molar refractivity (Wildman–Crippen MR) is 63.1 cm³/mol. The van der Waals surface area contributed by atoms with E-state index in [9.17, 15) is 4.79 Å². The summed E-state index contributed by atoms with van der Waals surface area (Å²) in [6, 6.07) is 5.19. The highest BCUT2D eigenvalue weighted by molar-refractivity contribution is 5.83. The van der Waals surface area contributed by atoms with Gasteiger partial charge >= 0.3 is 0 Å². The maximum absolute atomic E-state index is 11.4. The fourth-order valence-corrected chi connectivity index (χ4v) is 2.16. The van der Waals surface area contributed by atoms with Gasteiger partial charge in [-0.05, 0) is 31.4 Å². The van der Waals surface area contributed by atoms with Crippen LogP contribution in [0.2, 0.25) is 0 Å². The van der Waals surface area contributed by atoms with E-state index in [4.69, 9.17) is 11.0 Å². The summed E-state index contributed by atoms with van der Waals surface area (Å²) < 4.78 is 0. The number of nitrogens with two attached hydrogens (primary N) is 1. The van der Waals surface area contributed by atoms with Crippen LogP contribution in [0.1, 0.15) is 25.0 Å². The molecule has 2 N–H and O–H groups in total. The molecule has 17 heavy (non-hydrogen) atoms. The van der Waals surface area contributed by atoms with E-state index in [1.807, 2.05) is 17.0 Å². The van der Waals surface area contributed by atoms with Gasteiger partial charge in [0.05, 0.1) is 11.9 Å². The van der Waals surface area contributed by atoms with E-state index < -0.39 is 0 Å². The quantitative estimate of drug-likeness (QED) is 0.814. The van der Waals surface area contributed by atoms with Crippen molar-refractivity contribution in [2.75, 3.05) is 11.4 Å². The van der Waals surface area contributed by atoms with E-state index in [2.05, 4.69) is 4.98 Å². The number of hydrogen-bond acceptors (Lipinski definition) is 4. The van der Waals surface area contributed by atoms with Crippen molar-refractivity contribution < 1.29 is 4.79 Å². The number of anilines is 1. The SMILES string of the molecule is N#Cc1ccc(N2CCCCC2C(N)=O)cn1. The number of primary amides is 1. The third kappa shape index (κ3) is 2.36. The Hall–Kier alpha value is -2.09. The zero-order valence-corrected chi connectivity index (χ0v) is 9.47. The molecule has 1 aromatic heterocycles. The summed E-state index contributed by atoms with van der Waals surface area (Å²) in [5.74, 6) is -0.297. The molecular weight excluding hydrogens is 216 g/mol. The first-order chi connectivity index (χ1) is 8.22. The van der Waals surface area contributed by atoms with Crippen molar-refractivity contribution in [1.29, 1.82) is 5.26 Å². The molecule has 1 saturated heterocycles. The standard InChI is InChI=1S/C12H14N4O/c13-7-9-4-5-10(8-15-9)16-6-2-1-3-11(16)12(14)17/h4-5,8,11H,1-3,6H2,(H2,14,17). The number of pyridine rings is 1. The number of rotatable bonds is 2. The van der Waals surface area contributed by atoms with Gasteiger partial charge in [-0.15, -0.1) is 0 Å². The van der Waals surface area contributed by atoms with Gasteiger partial charge in [0.15, 0.2) is 0 Å². The van der Waals surface area contributed by atoms with Gasteiger partial charge < -0.3 is 10.6 Å². The van der Waals surface area contributed by atoms with E-state index >= 15 is 0 Å². The fraction of sp³-hybridized carbons (Fsp3) is 0.417. The molecule has 1 aromatic rings. The summed E-state index contributed by atoms with van der Waals surface area (Å²) in [4.78, 5) is 17.4. The van der Waals surface area contributed by atoms with Crippen LogP contribution in [0.15, 0.2) is 18.3 Å². The Balaban J connectivity index is 2.24. The molecule has 1 amide bonds. The van der Waals surface area contributed by atoms with Gasteiger partial charge in [0.2, 0.25) is 5.91 Å². The van der Waals surface area contributed by atoms with E-state index in [0.717, 1.165) is 31.5 Å². The number of amides is 1. The molecule has 1 aliphatic rings. The summed E-state index contributed by atoms with van der Waals surface area (Å²) in [5, 5.41) is 8.68. The van der Waals surface area contributed by atoms with Crippen LogP contribution in [0.4, 0.5) is 5.69 Å². The van der Waals surface area contributed by atoms with E-state index in [1.54, 1.807) is 12.3 Å². The average molecular weight is 230 g/mol. The van der Waals surface area contributed by atoms with Gasteiger partial charge in [-0.25, -0.2) is 4.98 Å². The molecular formula is C12H14N4O. The Labute approximate surface area is 99.9 Å². The van der Waals surface area contributed by atoms with Crippen LogP contribution in [0.3, 0.4) is 0 Å². The maximum Gasteiger partial charge on any atom is 0.240 e. The van der Waals surface area contributed by atoms with Gasteiger partial charge in [0, 0.05) is 6.54 Å². The largest absolute Gasteiger partial charge is 0.368 e. The zero-order chi connectivity index (χ0) is 12.3. The number of nitriles is 1. The first kappa shape index (κ1) is 11.4. The van der Waals surface area contributed by atoms with Crippen LogP contribution in [-0.4, -0.2) is 23.5 Å². The second-order valence-corrected chi connectivity index (χ2v) is 4.12. The minimum atomic E-state index is -0.297. The topological polar surface area (TPSA) is 83.0 Å². The first-order valence-electron chi connectivity index (χ1n) is 5.64. The molecule has 0 bridgehead atoms. The van der Waals surface area contributed by atoms with Crippen LogP contribution in [0, 0.1) is 11.3 Å². The Morgan fingerprint density at radius 3 is 2.94 bits per heavy atom. The Bertz CT molecular complexity index is 449. The Kier molecular flexibility index (Phi) is 3.24. The predicted octanol–water partition coefficient (Wildman–Crippen LogP) is 0.797. The molecule has 88 valence electrons. The van der Waals surface area contributed by atoms with E-state index in [0.29, 0.717) is 5.69 Å². The minimum absolute atomic E-state index is 0.251. The number of aromatic nitrogens is 1. The molecule has 0 spiro atoms. The van der Waals surface area contributed by atoms with Gasteiger partial charge in [-0.3, -0.25) is 4.79 Å². The van der Waals surface area contributed by atoms with Crippen molar-refractivity contribution >= 4 is 11.6 Å². The molecule has 5 nitrogen and oxygen atoms in total. The number of carbonyl (C=O) groups excluding carboxylic acids is 1. The molecule has 0 aromatic carbocycles. The van der Waals surface area contributed by atoms with E-state index in [1.165, 1.54) is 0 Å². The highest BCUT2D eigenvalue weighted by atomic mass is 16.1. The second-order valence-electron chi connectivity index (χ2n) is 4.12. The van der Waals surface area contributed by atoms with Crippen LogP contribution in [-0.2, 0) is 4.79 Å². The summed E-state index contributed by atoms with van der Waals surface area (Å²) in [5.41, 5.74) is 6.63. The monoisotopic (exact) mass is 230 g/mol. The molecule has 5 heteroatoms. The summed E-state index contributed by atoms with van der Waals surface area (Å²) >= 11 is 0.